The average Bonchev–Trinajstić information content (AvgIpc) is 2.82. The number of aliphatic hydroxyl groups excluding tert-OH is 1. The van der Waals surface area contributed by atoms with Crippen molar-refractivity contribution in [1.82, 2.24) is 0 Å². The highest BCUT2D eigenvalue weighted by molar-refractivity contribution is 5.60. The normalized spacial score (nSPS) is 16.5. The summed E-state index contributed by atoms with van der Waals surface area (Å²) < 4.78 is 10.4. The van der Waals surface area contributed by atoms with Gasteiger partial charge in [-0.1, -0.05) is 12.1 Å². The second-order valence-electron chi connectivity index (χ2n) is 3.61. The van der Waals surface area contributed by atoms with Crippen LogP contribution in [0.4, 0.5) is 5.69 Å². The molecule has 86 valence electrons. The zero-order valence-corrected chi connectivity index (χ0v) is 9.14. The first-order chi connectivity index (χ1) is 7.74. The Hall–Kier alpha value is -1.68. The summed E-state index contributed by atoms with van der Waals surface area (Å²) in [5.41, 5.74) is 6.97. The van der Waals surface area contributed by atoms with E-state index >= 15 is 0 Å². The maximum absolute atomic E-state index is 10.1. The summed E-state index contributed by atoms with van der Waals surface area (Å²) in [6.07, 6.45) is 1.90. The molecule has 0 aliphatic carbocycles. The van der Waals surface area contributed by atoms with Crippen molar-refractivity contribution in [2.75, 3.05) is 19.5 Å². The maximum atomic E-state index is 10.1. The SMILES string of the molecule is COc1cccc(C(O)C2=CCCO2)c1N. The number of nitrogens with two attached hydrogens (primary N) is 1. The van der Waals surface area contributed by atoms with Gasteiger partial charge in [-0.2, -0.15) is 0 Å². The van der Waals surface area contributed by atoms with Gasteiger partial charge in [-0.3, -0.25) is 0 Å². The topological polar surface area (TPSA) is 64.7 Å². The third-order valence-corrected chi connectivity index (χ3v) is 2.62. The van der Waals surface area contributed by atoms with Gasteiger partial charge >= 0.3 is 0 Å². The van der Waals surface area contributed by atoms with E-state index in [0.717, 1.165) is 6.42 Å². The molecular formula is C12H15NO3. The number of benzene rings is 1. The molecule has 3 N–H and O–H groups in total. The number of para-hydroxylation sites is 1. The lowest BCUT2D eigenvalue weighted by molar-refractivity contribution is 0.119. The van der Waals surface area contributed by atoms with Crippen LogP contribution in [0, 0.1) is 0 Å². The Balaban J connectivity index is 2.32. The molecule has 0 spiro atoms. The van der Waals surface area contributed by atoms with Crippen LogP contribution < -0.4 is 10.5 Å². The largest absolute Gasteiger partial charge is 0.495 e. The van der Waals surface area contributed by atoms with Crippen molar-refractivity contribution in [3.63, 3.8) is 0 Å². The van der Waals surface area contributed by atoms with Crippen LogP contribution in [0.2, 0.25) is 0 Å². The first-order valence-corrected chi connectivity index (χ1v) is 5.17. The molecule has 2 rings (SSSR count). The molecular weight excluding hydrogens is 206 g/mol. The molecule has 1 aliphatic rings. The van der Waals surface area contributed by atoms with Crippen molar-refractivity contribution in [3.05, 3.63) is 35.6 Å². The van der Waals surface area contributed by atoms with Crippen LogP contribution in [0.5, 0.6) is 5.75 Å². The summed E-state index contributed by atoms with van der Waals surface area (Å²) >= 11 is 0. The predicted molar refractivity (Wildman–Crippen MR) is 61.0 cm³/mol. The second kappa shape index (κ2) is 4.45. The summed E-state index contributed by atoms with van der Waals surface area (Å²) in [5.74, 6) is 1.13. The van der Waals surface area contributed by atoms with Gasteiger partial charge in [0.25, 0.3) is 0 Å². The first-order valence-electron chi connectivity index (χ1n) is 5.17. The van der Waals surface area contributed by atoms with Gasteiger partial charge in [0.05, 0.1) is 19.4 Å². The van der Waals surface area contributed by atoms with E-state index in [4.69, 9.17) is 15.2 Å². The molecule has 4 nitrogen and oxygen atoms in total. The molecule has 1 aromatic rings. The number of ether oxygens (including phenoxy) is 2. The smallest absolute Gasteiger partial charge is 0.142 e. The zero-order valence-electron chi connectivity index (χ0n) is 9.14. The third kappa shape index (κ3) is 1.84. The molecule has 0 amide bonds. The third-order valence-electron chi connectivity index (χ3n) is 2.62. The molecule has 1 aromatic carbocycles. The van der Waals surface area contributed by atoms with Gasteiger partial charge in [-0.15, -0.1) is 0 Å². The number of anilines is 1. The highest BCUT2D eigenvalue weighted by Gasteiger charge is 2.21. The van der Waals surface area contributed by atoms with E-state index < -0.39 is 6.10 Å². The van der Waals surface area contributed by atoms with Crippen LogP contribution in [0.15, 0.2) is 30.0 Å². The van der Waals surface area contributed by atoms with Crippen molar-refractivity contribution in [2.45, 2.75) is 12.5 Å². The second-order valence-corrected chi connectivity index (χ2v) is 3.61. The molecule has 0 saturated carbocycles. The van der Waals surface area contributed by atoms with Crippen LogP contribution >= 0.6 is 0 Å². The summed E-state index contributed by atoms with van der Waals surface area (Å²) in [5, 5.41) is 10.1. The Kier molecular flexibility index (Phi) is 3.01. The molecule has 1 heterocycles. The quantitative estimate of drug-likeness (QED) is 0.761. The minimum atomic E-state index is -0.808. The molecule has 4 heteroatoms. The van der Waals surface area contributed by atoms with E-state index in [2.05, 4.69) is 0 Å². The van der Waals surface area contributed by atoms with Crippen LogP contribution in [-0.4, -0.2) is 18.8 Å². The van der Waals surface area contributed by atoms with E-state index in [1.807, 2.05) is 6.08 Å². The molecule has 0 saturated heterocycles. The zero-order chi connectivity index (χ0) is 11.5. The Morgan fingerprint density at radius 3 is 2.94 bits per heavy atom. The van der Waals surface area contributed by atoms with Crippen LogP contribution in [0.3, 0.4) is 0 Å². The average molecular weight is 221 g/mol. The van der Waals surface area contributed by atoms with Gasteiger partial charge in [0, 0.05) is 12.0 Å². The number of nitrogen functional groups attached to an aromatic ring is 1. The number of rotatable bonds is 3. The Labute approximate surface area is 94.3 Å². The van der Waals surface area contributed by atoms with Gasteiger partial charge in [0.15, 0.2) is 0 Å². The molecule has 1 atom stereocenters. The predicted octanol–water partition coefficient (Wildman–Crippen LogP) is 1.61. The highest BCUT2D eigenvalue weighted by atomic mass is 16.5. The lowest BCUT2D eigenvalue weighted by atomic mass is 10.0. The molecule has 1 aliphatic heterocycles. The lowest BCUT2D eigenvalue weighted by Gasteiger charge is -2.16. The number of methoxy groups -OCH3 is 1. The van der Waals surface area contributed by atoms with E-state index in [9.17, 15) is 5.11 Å². The molecule has 1 unspecified atom stereocenters. The van der Waals surface area contributed by atoms with Crippen molar-refractivity contribution in [2.24, 2.45) is 0 Å². The highest BCUT2D eigenvalue weighted by Crippen LogP contribution is 2.34. The van der Waals surface area contributed by atoms with Gasteiger partial charge in [-0.25, -0.2) is 0 Å². The van der Waals surface area contributed by atoms with Gasteiger partial charge in [0.1, 0.15) is 17.6 Å². The van der Waals surface area contributed by atoms with Crippen LogP contribution in [0.25, 0.3) is 0 Å². The number of aliphatic hydroxyl groups is 1. The first kappa shape index (κ1) is 10.8. The minimum absolute atomic E-state index is 0.453. The number of hydrogen-bond donors (Lipinski definition) is 2. The van der Waals surface area contributed by atoms with E-state index in [-0.39, 0.29) is 0 Å². The van der Waals surface area contributed by atoms with E-state index in [1.54, 1.807) is 25.3 Å². The standard InChI is InChI=1S/C12H15NO3/c1-15-9-5-2-4-8(11(9)13)12(14)10-6-3-7-16-10/h2,4-6,12,14H,3,7,13H2,1H3. The van der Waals surface area contributed by atoms with Crippen LogP contribution in [0.1, 0.15) is 18.1 Å². The van der Waals surface area contributed by atoms with Crippen LogP contribution in [-0.2, 0) is 4.74 Å². The fourth-order valence-corrected chi connectivity index (χ4v) is 1.76. The van der Waals surface area contributed by atoms with Gasteiger partial charge in [-0.05, 0) is 12.1 Å². The monoisotopic (exact) mass is 221 g/mol. The number of hydrogen-bond acceptors (Lipinski definition) is 4. The lowest BCUT2D eigenvalue weighted by Crippen LogP contribution is -2.06. The maximum Gasteiger partial charge on any atom is 0.142 e. The summed E-state index contributed by atoms with van der Waals surface area (Å²) in [4.78, 5) is 0. The minimum Gasteiger partial charge on any atom is -0.495 e. The molecule has 0 bridgehead atoms. The fourth-order valence-electron chi connectivity index (χ4n) is 1.76. The summed E-state index contributed by atoms with van der Waals surface area (Å²) in [6.45, 7) is 0.621. The van der Waals surface area contributed by atoms with Crippen molar-refractivity contribution in [1.29, 1.82) is 0 Å². The van der Waals surface area contributed by atoms with Gasteiger partial charge < -0.3 is 20.3 Å². The summed E-state index contributed by atoms with van der Waals surface area (Å²) in [6, 6.07) is 5.32. The van der Waals surface area contributed by atoms with Crippen molar-refractivity contribution >= 4 is 5.69 Å². The van der Waals surface area contributed by atoms with Gasteiger partial charge in [0.2, 0.25) is 0 Å². The van der Waals surface area contributed by atoms with E-state index in [0.29, 0.717) is 29.4 Å². The van der Waals surface area contributed by atoms with Crippen molar-refractivity contribution < 1.29 is 14.6 Å². The summed E-state index contributed by atoms with van der Waals surface area (Å²) in [7, 11) is 1.55. The molecule has 16 heavy (non-hydrogen) atoms. The molecule has 0 radical (unpaired) electrons. The Morgan fingerprint density at radius 2 is 2.31 bits per heavy atom. The Bertz CT molecular complexity index is 415. The Morgan fingerprint density at radius 1 is 1.50 bits per heavy atom. The molecule has 0 aromatic heterocycles. The van der Waals surface area contributed by atoms with E-state index in [1.165, 1.54) is 0 Å². The molecule has 0 fully saturated rings. The van der Waals surface area contributed by atoms with Crippen molar-refractivity contribution in [3.8, 4) is 5.75 Å². The fraction of sp³-hybridized carbons (Fsp3) is 0.333.